The van der Waals surface area contributed by atoms with Crippen LogP contribution < -0.4 is 10.6 Å². The van der Waals surface area contributed by atoms with E-state index in [4.69, 9.17) is 0 Å². The summed E-state index contributed by atoms with van der Waals surface area (Å²) in [5.41, 5.74) is 1.78. The van der Waals surface area contributed by atoms with Crippen molar-refractivity contribution in [1.29, 1.82) is 0 Å². The smallest absolute Gasteiger partial charge is 0.256 e. The van der Waals surface area contributed by atoms with Crippen LogP contribution in [0, 0.1) is 3.57 Å². The molecule has 0 saturated heterocycles. The Morgan fingerprint density at radius 3 is 2.86 bits per heavy atom. The third-order valence-electron chi connectivity index (χ3n) is 3.10. The molecule has 112 valence electrons. The van der Waals surface area contributed by atoms with Crippen molar-refractivity contribution in [2.24, 2.45) is 7.05 Å². The number of halogens is 1. The number of hydrogen-bond acceptors (Lipinski definition) is 5. The molecule has 22 heavy (non-hydrogen) atoms. The molecular weight excluding hydrogens is 395 g/mol. The van der Waals surface area contributed by atoms with E-state index in [1.54, 1.807) is 24.0 Å². The minimum absolute atomic E-state index is 0.230. The first-order valence-electron chi connectivity index (χ1n) is 6.52. The SMILES string of the molecule is CNc1nc(NC(=O)c2cccc(I)c2)c2ncn(C)c2n1. The first kappa shape index (κ1) is 14.7. The summed E-state index contributed by atoms with van der Waals surface area (Å²) in [6, 6.07) is 7.34. The summed E-state index contributed by atoms with van der Waals surface area (Å²) in [5, 5.41) is 5.69. The maximum Gasteiger partial charge on any atom is 0.256 e. The molecule has 7 nitrogen and oxygen atoms in total. The average molecular weight is 408 g/mol. The van der Waals surface area contributed by atoms with Crippen LogP contribution in [0.3, 0.4) is 0 Å². The third-order valence-corrected chi connectivity index (χ3v) is 3.77. The number of carbonyl (C=O) groups is 1. The van der Waals surface area contributed by atoms with E-state index in [9.17, 15) is 4.79 Å². The predicted octanol–water partition coefficient (Wildman–Crippen LogP) is 2.26. The molecule has 0 unspecified atom stereocenters. The van der Waals surface area contributed by atoms with Gasteiger partial charge in [0.1, 0.15) is 0 Å². The molecule has 1 amide bonds. The minimum Gasteiger partial charge on any atom is -0.357 e. The van der Waals surface area contributed by atoms with Crippen molar-refractivity contribution in [3.63, 3.8) is 0 Å². The minimum atomic E-state index is -0.230. The van der Waals surface area contributed by atoms with E-state index in [2.05, 4.69) is 48.2 Å². The summed E-state index contributed by atoms with van der Waals surface area (Å²) >= 11 is 2.17. The van der Waals surface area contributed by atoms with Crippen LogP contribution in [0.25, 0.3) is 11.2 Å². The molecule has 0 bridgehead atoms. The number of anilines is 2. The van der Waals surface area contributed by atoms with Gasteiger partial charge in [-0.25, -0.2) is 4.98 Å². The Labute approximate surface area is 140 Å². The zero-order valence-corrected chi connectivity index (χ0v) is 14.1. The number of carbonyl (C=O) groups excluding carboxylic acids is 1. The highest BCUT2D eigenvalue weighted by Crippen LogP contribution is 2.21. The Morgan fingerprint density at radius 2 is 2.14 bits per heavy atom. The Balaban J connectivity index is 2.01. The van der Waals surface area contributed by atoms with Crippen LogP contribution in [-0.2, 0) is 7.05 Å². The summed E-state index contributed by atoms with van der Waals surface area (Å²) in [4.78, 5) is 25.3. The second kappa shape index (κ2) is 5.87. The molecular formula is C14H13IN6O. The number of benzene rings is 1. The first-order chi connectivity index (χ1) is 10.6. The standard InChI is InChI=1S/C14H13IN6O/c1-16-14-19-11(10-12(20-14)21(2)7-17-10)18-13(22)8-4-3-5-9(15)6-8/h3-7H,1-2H3,(H2,16,18,19,20,22). The highest BCUT2D eigenvalue weighted by molar-refractivity contribution is 14.1. The Kier molecular flexibility index (Phi) is 3.92. The summed E-state index contributed by atoms with van der Waals surface area (Å²) in [7, 11) is 3.57. The number of hydrogen-bond donors (Lipinski definition) is 2. The Bertz CT molecular complexity index is 860. The number of imidazole rings is 1. The topological polar surface area (TPSA) is 84.7 Å². The second-order valence-corrected chi connectivity index (χ2v) is 5.88. The summed E-state index contributed by atoms with van der Waals surface area (Å²) in [6.45, 7) is 0. The first-order valence-corrected chi connectivity index (χ1v) is 7.60. The van der Waals surface area contributed by atoms with Gasteiger partial charge in [-0.2, -0.15) is 9.97 Å². The normalized spacial score (nSPS) is 10.7. The van der Waals surface area contributed by atoms with Gasteiger partial charge in [0.05, 0.1) is 6.33 Å². The summed E-state index contributed by atoms with van der Waals surface area (Å²) in [5.74, 6) is 0.582. The van der Waals surface area contributed by atoms with Gasteiger partial charge < -0.3 is 15.2 Å². The predicted molar refractivity (Wildman–Crippen MR) is 93.0 cm³/mol. The van der Waals surface area contributed by atoms with Crippen LogP contribution in [0.1, 0.15) is 10.4 Å². The van der Waals surface area contributed by atoms with Crippen molar-refractivity contribution < 1.29 is 4.79 Å². The lowest BCUT2D eigenvalue weighted by Crippen LogP contribution is -2.14. The molecule has 0 aliphatic rings. The summed E-state index contributed by atoms with van der Waals surface area (Å²) in [6.07, 6.45) is 1.64. The van der Waals surface area contributed by atoms with Gasteiger partial charge in [-0.1, -0.05) is 6.07 Å². The summed E-state index contributed by atoms with van der Waals surface area (Å²) < 4.78 is 2.77. The van der Waals surface area contributed by atoms with Gasteiger partial charge in [0.15, 0.2) is 17.0 Å². The van der Waals surface area contributed by atoms with Crippen molar-refractivity contribution in [3.8, 4) is 0 Å². The largest absolute Gasteiger partial charge is 0.357 e. The fraction of sp³-hybridized carbons (Fsp3) is 0.143. The monoisotopic (exact) mass is 408 g/mol. The van der Waals surface area contributed by atoms with E-state index in [1.807, 2.05) is 25.2 Å². The molecule has 2 heterocycles. The van der Waals surface area contributed by atoms with E-state index in [-0.39, 0.29) is 5.91 Å². The van der Waals surface area contributed by atoms with Gasteiger partial charge in [0, 0.05) is 23.2 Å². The number of nitrogens with zero attached hydrogens (tertiary/aromatic N) is 4. The van der Waals surface area contributed by atoms with Gasteiger partial charge in [-0.3, -0.25) is 4.79 Å². The van der Waals surface area contributed by atoms with Crippen LogP contribution in [0.5, 0.6) is 0 Å². The average Bonchev–Trinajstić information content (AvgIpc) is 2.89. The van der Waals surface area contributed by atoms with Gasteiger partial charge in [0.25, 0.3) is 5.91 Å². The van der Waals surface area contributed by atoms with Crippen LogP contribution in [0.15, 0.2) is 30.6 Å². The van der Waals surface area contributed by atoms with E-state index in [0.29, 0.717) is 28.5 Å². The Morgan fingerprint density at radius 1 is 1.32 bits per heavy atom. The molecule has 3 aromatic rings. The molecule has 0 fully saturated rings. The molecule has 2 N–H and O–H groups in total. The van der Waals surface area contributed by atoms with Crippen LogP contribution in [0.2, 0.25) is 0 Å². The van der Waals surface area contributed by atoms with E-state index < -0.39 is 0 Å². The van der Waals surface area contributed by atoms with Gasteiger partial charge in [-0.05, 0) is 40.8 Å². The van der Waals surface area contributed by atoms with E-state index >= 15 is 0 Å². The van der Waals surface area contributed by atoms with Gasteiger partial charge >= 0.3 is 0 Å². The lowest BCUT2D eigenvalue weighted by atomic mass is 10.2. The fourth-order valence-corrected chi connectivity index (χ4v) is 2.56. The molecule has 0 radical (unpaired) electrons. The molecule has 0 saturated carbocycles. The highest BCUT2D eigenvalue weighted by Gasteiger charge is 2.15. The molecule has 2 aromatic heterocycles. The van der Waals surface area contributed by atoms with Crippen molar-refractivity contribution in [2.75, 3.05) is 17.7 Å². The number of amides is 1. The number of rotatable bonds is 3. The lowest BCUT2D eigenvalue weighted by molar-refractivity contribution is 0.102. The zero-order chi connectivity index (χ0) is 15.7. The quantitative estimate of drug-likeness (QED) is 0.650. The molecule has 0 aliphatic heterocycles. The lowest BCUT2D eigenvalue weighted by Gasteiger charge is -2.07. The Hall–Kier alpha value is -2.23. The second-order valence-electron chi connectivity index (χ2n) is 4.64. The van der Waals surface area contributed by atoms with Crippen molar-refractivity contribution in [1.82, 2.24) is 19.5 Å². The number of aryl methyl sites for hydroxylation is 1. The molecule has 1 aromatic carbocycles. The maximum absolute atomic E-state index is 12.4. The van der Waals surface area contributed by atoms with Crippen LogP contribution in [0.4, 0.5) is 11.8 Å². The van der Waals surface area contributed by atoms with Crippen molar-refractivity contribution >= 4 is 51.4 Å². The zero-order valence-electron chi connectivity index (χ0n) is 12.0. The molecule has 3 rings (SSSR count). The molecule has 8 heteroatoms. The van der Waals surface area contributed by atoms with Crippen LogP contribution in [-0.4, -0.2) is 32.5 Å². The van der Waals surface area contributed by atoms with Gasteiger partial charge in [0.2, 0.25) is 5.95 Å². The van der Waals surface area contributed by atoms with Crippen molar-refractivity contribution in [3.05, 3.63) is 39.7 Å². The number of nitrogens with one attached hydrogen (secondary N) is 2. The van der Waals surface area contributed by atoms with E-state index in [0.717, 1.165) is 3.57 Å². The molecule has 0 atom stereocenters. The highest BCUT2D eigenvalue weighted by atomic mass is 127. The fourth-order valence-electron chi connectivity index (χ4n) is 2.02. The number of fused-ring (bicyclic) bond motifs is 1. The third kappa shape index (κ3) is 2.73. The number of aromatic nitrogens is 4. The molecule has 0 spiro atoms. The molecule has 0 aliphatic carbocycles. The van der Waals surface area contributed by atoms with Crippen molar-refractivity contribution in [2.45, 2.75) is 0 Å². The van der Waals surface area contributed by atoms with Crippen LogP contribution >= 0.6 is 22.6 Å². The maximum atomic E-state index is 12.4. The van der Waals surface area contributed by atoms with Gasteiger partial charge in [-0.15, -0.1) is 0 Å². The van der Waals surface area contributed by atoms with E-state index in [1.165, 1.54) is 0 Å².